The van der Waals surface area contributed by atoms with Gasteiger partial charge in [-0.05, 0) is 24.6 Å². The largest absolute Gasteiger partial charge is 0.493 e. The van der Waals surface area contributed by atoms with Crippen molar-refractivity contribution in [1.82, 2.24) is 0 Å². The zero-order valence-corrected chi connectivity index (χ0v) is 11.5. The number of benzene rings is 1. The fraction of sp³-hybridized carbons (Fsp3) is 0.300. The Morgan fingerprint density at radius 2 is 2.00 bits per heavy atom. The summed E-state index contributed by atoms with van der Waals surface area (Å²) in [6.07, 6.45) is 0.997. The molecule has 1 aromatic carbocycles. The lowest BCUT2D eigenvalue weighted by Gasteiger charge is -2.10. The Kier molecular flexibility index (Phi) is 4.41. The summed E-state index contributed by atoms with van der Waals surface area (Å²) < 4.78 is 28.0. The van der Waals surface area contributed by atoms with Crippen LogP contribution in [0.25, 0.3) is 0 Å². The smallest absolute Gasteiger partial charge is 0.256 e. The molecule has 0 aromatic heterocycles. The number of rotatable bonds is 4. The average molecular weight is 297 g/mol. The number of ether oxygens (including phenoxy) is 1. The van der Waals surface area contributed by atoms with E-state index in [1.165, 1.54) is 6.07 Å². The third-order valence-electron chi connectivity index (χ3n) is 1.95. The zero-order valence-electron chi connectivity index (χ0n) is 9.16. The second-order valence-electron chi connectivity index (χ2n) is 3.26. The van der Waals surface area contributed by atoms with Crippen molar-refractivity contribution in [3.05, 3.63) is 22.7 Å². The molecular weight excluding hydrogens is 287 g/mol. The van der Waals surface area contributed by atoms with Gasteiger partial charge in [-0.2, -0.15) is 0 Å². The number of hydrogen-bond acceptors (Lipinski definition) is 4. The van der Waals surface area contributed by atoms with E-state index >= 15 is 0 Å². The first-order chi connectivity index (χ1) is 7.77. The molecule has 4 nitrogen and oxygen atoms in total. The maximum atomic E-state index is 11.4. The number of hydrogen-bond donors (Lipinski definition) is 0. The van der Waals surface area contributed by atoms with Crippen molar-refractivity contribution in [2.75, 3.05) is 12.9 Å². The molecule has 0 aliphatic rings. The van der Waals surface area contributed by atoms with Gasteiger partial charge < -0.3 is 4.74 Å². The van der Waals surface area contributed by atoms with Crippen LogP contribution >= 0.6 is 23.2 Å². The van der Waals surface area contributed by atoms with Crippen LogP contribution in [0.1, 0.15) is 17.3 Å². The van der Waals surface area contributed by atoms with Gasteiger partial charge in [-0.25, -0.2) is 8.42 Å². The molecule has 0 unspecified atom stereocenters. The van der Waals surface area contributed by atoms with Crippen molar-refractivity contribution >= 4 is 38.3 Å². The fourth-order valence-electron chi connectivity index (χ4n) is 1.25. The molecule has 0 saturated heterocycles. The second kappa shape index (κ2) is 5.25. The second-order valence-corrected chi connectivity index (χ2v) is 5.99. The van der Waals surface area contributed by atoms with Gasteiger partial charge in [-0.15, -0.1) is 0 Å². The molecule has 0 radical (unpaired) electrons. The summed E-state index contributed by atoms with van der Waals surface area (Å²) >= 11 is 11.2. The van der Waals surface area contributed by atoms with Crippen molar-refractivity contribution in [2.45, 2.75) is 11.8 Å². The maximum absolute atomic E-state index is 11.4. The van der Waals surface area contributed by atoms with Crippen LogP contribution in [0.3, 0.4) is 0 Å². The fourth-order valence-corrected chi connectivity index (χ4v) is 2.71. The molecule has 0 aliphatic carbocycles. The van der Waals surface area contributed by atoms with E-state index in [1.54, 1.807) is 6.92 Å². The Bertz CT molecular complexity index is 552. The molecule has 0 N–H and O–H groups in total. The van der Waals surface area contributed by atoms with Crippen LogP contribution in [0.2, 0.25) is 5.02 Å². The van der Waals surface area contributed by atoms with Crippen LogP contribution < -0.4 is 4.74 Å². The SMILES string of the molecule is CCOc1cc(Cl)c(S(C)(=O)=O)cc1C(=O)Cl. The highest BCUT2D eigenvalue weighted by Gasteiger charge is 2.19. The first-order valence-corrected chi connectivity index (χ1v) is 7.28. The average Bonchev–Trinajstić information content (AvgIpc) is 2.15. The van der Waals surface area contributed by atoms with Crippen molar-refractivity contribution in [2.24, 2.45) is 0 Å². The highest BCUT2D eigenvalue weighted by molar-refractivity contribution is 7.90. The summed E-state index contributed by atoms with van der Waals surface area (Å²) in [6.45, 7) is 2.03. The topological polar surface area (TPSA) is 60.4 Å². The van der Waals surface area contributed by atoms with Gasteiger partial charge in [-0.1, -0.05) is 11.6 Å². The molecule has 0 bridgehead atoms. The minimum Gasteiger partial charge on any atom is -0.493 e. The summed E-state index contributed by atoms with van der Waals surface area (Å²) in [5.41, 5.74) is -0.0154. The molecule has 1 aromatic rings. The Labute approximate surface area is 109 Å². The Morgan fingerprint density at radius 3 is 2.41 bits per heavy atom. The summed E-state index contributed by atoms with van der Waals surface area (Å²) in [5, 5.41) is -0.798. The van der Waals surface area contributed by atoms with Gasteiger partial charge in [0, 0.05) is 12.3 Å². The normalized spacial score (nSPS) is 11.3. The predicted octanol–water partition coefficient (Wildman–Crippen LogP) is 2.52. The van der Waals surface area contributed by atoms with Crippen molar-refractivity contribution in [3.8, 4) is 5.75 Å². The summed E-state index contributed by atoms with van der Waals surface area (Å²) in [6, 6.07) is 2.40. The molecule has 7 heteroatoms. The number of halogens is 2. The summed E-state index contributed by atoms with van der Waals surface area (Å²) in [4.78, 5) is 11.0. The predicted molar refractivity (Wildman–Crippen MR) is 65.9 cm³/mol. The van der Waals surface area contributed by atoms with Gasteiger partial charge >= 0.3 is 0 Å². The van der Waals surface area contributed by atoms with Gasteiger partial charge in [0.15, 0.2) is 9.84 Å². The molecule has 0 heterocycles. The standard InChI is InChI=1S/C10H10Cl2O4S/c1-3-16-8-5-7(11)9(17(2,14)15)4-6(8)10(12)13/h4-5H,3H2,1-2H3. The van der Waals surface area contributed by atoms with E-state index in [1.807, 2.05) is 0 Å². The number of sulfone groups is 1. The van der Waals surface area contributed by atoms with Gasteiger partial charge in [-0.3, -0.25) is 4.79 Å². The lowest BCUT2D eigenvalue weighted by atomic mass is 10.2. The van der Waals surface area contributed by atoms with E-state index in [2.05, 4.69) is 0 Å². The van der Waals surface area contributed by atoms with E-state index in [9.17, 15) is 13.2 Å². The highest BCUT2D eigenvalue weighted by Crippen LogP contribution is 2.31. The molecule has 17 heavy (non-hydrogen) atoms. The lowest BCUT2D eigenvalue weighted by Crippen LogP contribution is -2.04. The Morgan fingerprint density at radius 1 is 1.41 bits per heavy atom. The number of carbonyl (C=O) groups is 1. The van der Waals surface area contributed by atoms with Crippen molar-refractivity contribution < 1.29 is 17.9 Å². The van der Waals surface area contributed by atoms with E-state index < -0.39 is 15.1 Å². The van der Waals surface area contributed by atoms with Gasteiger partial charge in [0.1, 0.15) is 5.75 Å². The van der Waals surface area contributed by atoms with Crippen LogP contribution in [-0.4, -0.2) is 26.5 Å². The van der Waals surface area contributed by atoms with E-state index in [0.717, 1.165) is 12.3 Å². The van der Waals surface area contributed by atoms with Crippen molar-refractivity contribution in [3.63, 3.8) is 0 Å². The molecule has 0 atom stereocenters. The van der Waals surface area contributed by atoms with Gasteiger partial charge in [0.2, 0.25) is 0 Å². The lowest BCUT2D eigenvalue weighted by molar-refractivity contribution is 0.107. The highest BCUT2D eigenvalue weighted by atomic mass is 35.5. The third kappa shape index (κ3) is 3.34. The van der Waals surface area contributed by atoms with Crippen LogP contribution in [0.15, 0.2) is 17.0 Å². The van der Waals surface area contributed by atoms with Crippen LogP contribution in [0.5, 0.6) is 5.75 Å². The molecule has 0 fully saturated rings. The monoisotopic (exact) mass is 296 g/mol. The molecule has 0 amide bonds. The van der Waals surface area contributed by atoms with Gasteiger partial charge in [0.25, 0.3) is 5.24 Å². The van der Waals surface area contributed by atoms with Gasteiger partial charge in [0.05, 0.1) is 22.1 Å². The quantitative estimate of drug-likeness (QED) is 0.801. The van der Waals surface area contributed by atoms with Crippen LogP contribution in [0.4, 0.5) is 0 Å². The van der Waals surface area contributed by atoms with Crippen molar-refractivity contribution in [1.29, 1.82) is 0 Å². The first-order valence-electron chi connectivity index (χ1n) is 4.63. The molecule has 0 aliphatic heterocycles. The van der Waals surface area contributed by atoms with E-state index in [4.69, 9.17) is 27.9 Å². The molecule has 0 spiro atoms. The molecule has 1 rings (SSSR count). The maximum Gasteiger partial charge on any atom is 0.256 e. The summed E-state index contributed by atoms with van der Waals surface area (Å²) in [7, 11) is -3.52. The van der Waals surface area contributed by atoms with Crippen LogP contribution in [-0.2, 0) is 9.84 Å². The molecule has 94 valence electrons. The minimum absolute atomic E-state index is 0.00221. The van der Waals surface area contributed by atoms with Crippen LogP contribution in [0, 0.1) is 0 Å². The molecular formula is C10H10Cl2O4S. The minimum atomic E-state index is -3.52. The van der Waals surface area contributed by atoms with E-state index in [0.29, 0.717) is 6.61 Å². The first kappa shape index (κ1) is 14.3. The Balaban J connectivity index is 3.51. The third-order valence-corrected chi connectivity index (χ3v) is 3.71. The molecule has 0 saturated carbocycles. The number of carbonyl (C=O) groups excluding carboxylic acids is 1. The summed E-state index contributed by atoms with van der Waals surface area (Å²) in [5.74, 6) is 0.171. The zero-order chi connectivity index (χ0) is 13.2. The Hall–Kier alpha value is -0.780. The van der Waals surface area contributed by atoms with E-state index in [-0.39, 0.29) is 21.2 Å².